The molecule has 2 aromatic heterocycles. The maximum Gasteiger partial charge on any atom is 0.230 e. The van der Waals surface area contributed by atoms with Crippen molar-refractivity contribution in [2.45, 2.75) is 40.7 Å². The quantitative estimate of drug-likeness (QED) is 0.646. The van der Waals surface area contributed by atoms with Gasteiger partial charge in [0.25, 0.3) is 0 Å². The van der Waals surface area contributed by atoms with E-state index in [-0.39, 0.29) is 23.6 Å². The molecule has 0 bridgehead atoms. The van der Waals surface area contributed by atoms with Crippen molar-refractivity contribution in [1.29, 1.82) is 0 Å². The van der Waals surface area contributed by atoms with Crippen LogP contribution >= 0.6 is 11.3 Å². The van der Waals surface area contributed by atoms with E-state index in [1.165, 1.54) is 11.3 Å². The molecule has 5 nitrogen and oxygen atoms in total. The predicted molar refractivity (Wildman–Crippen MR) is 106 cm³/mol. The second-order valence-corrected chi connectivity index (χ2v) is 7.97. The molecule has 0 fully saturated rings. The van der Waals surface area contributed by atoms with E-state index in [4.69, 9.17) is 0 Å². The number of aryl methyl sites for hydroxylation is 1. The number of hydrogen-bond donors (Lipinski definition) is 1. The average Bonchev–Trinajstić information content (AvgIpc) is 3.17. The van der Waals surface area contributed by atoms with Crippen LogP contribution in [0.3, 0.4) is 0 Å². The number of amides is 1. The van der Waals surface area contributed by atoms with Gasteiger partial charge in [0.15, 0.2) is 5.13 Å². The van der Waals surface area contributed by atoms with Crippen molar-refractivity contribution in [2.24, 2.45) is 5.92 Å². The molecule has 8 heteroatoms. The monoisotopic (exact) mass is 404 g/mol. The maximum atomic E-state index is 13.9. The lowest BCUT2D eigenvalue weighted by Crippen LogP contribution is -2.15. The maximum absolute atomic E-state index is 13.9. The Morgan fingerprint density at radius 3 is 2.75 bits per heavy atom. The number of thiazole rings is 1. The molecule has 2 heterocycles. The van der Waals surface area contributed by atoms with Gasteiger partial charge in [-0.2, -0.15) is 5.10 Å². The van der Waals surface area contributed by atoms with E-state index in [0.29, 0.717) is 11.0 Å². The Balaban J connectivity index is 1.72. The highest BCUT2D eigenvalue weighted by Crippen LogP contribution is 2.28. The van der Waals surface area contributed by atoms with Crippen molar-refractivity contribution in [1.82, 2.24) is 14.8 Å². The molecule has 0 saturated carbocycles. The Bertz CT molecular complexity index is 1010. The van der Waals surface area contributed by atoms with Crippen LogP contribution in [0.1, 0.15) is 30.8 Å². The van der Waals surface area contributed by atoms with E-state index < -0.39 is 11.6 Å². The van der Waals surface area contributed by atoms with E-state index >= 15 is 0 Å². The van der Waals surface area contributed by atoms with Crippen LogP contribution in [0.15, 0.2) is 23.6 Å². The summed E-state index contributed by atoms with van der Waals surface area (Å²) in [4.78, 5) is 16.7. The summed E-state index contributed by atoms with van der Waals surface area (Å²) in [6.07, 6.45) is 0.180. The molecule has 1 aromatic carbocycles. The Labute approximate surface area is 166 Å². The third-order valence-corrected chi connectivity index (χ3v) is 5.12. The van der Waals surface area contributed by atoms with E-state index in [0.717, 1.165) is 41.7 Å². The number of nitrogens with one attached hydrogen (secondary N) is 1. The summed E-state index contributed by atoms with van der Waals surface area (Å²) < 4.78 is 29.2. The Kier molecular flexibility index (Phi) is 5.88. The molecule has 0 aliphatic carbocycles. The first-order chi connectivity index (χ1) is 13.2. The van der Waals surface area contributed by atoms with Crippen LogP contribution in [0.25, 0.3) is 11.3 Å². The lowest BCUT2D eigenvalue weighted by Gasteiger charge is -2.08. The van der Waals surface area contributed by atoms with Crippen molar-refractivity contribution in [3.63, 3.8) is 0 Å². The predicted octanol–water partition coefficient (Wildman–Crippen LogP) is 4.74. The van der Waals surface area contributed by atoms with Gasteiger partial charge in [0.05, 0.1) is 17.8 Å². The molecule has 3 rings (SSSR count). The van der Waals surface area contributed by atoms with Gasteiger partial charge in [-0.3, -0.25) is 9.48 Å². The molecule has 3 aromatic rings. The Morgan fingerprint density at radius 2 is 2.04 bits per heavy atom. The van der Waals surface area contributed by atoms with Gasteiger partial charge >= 0.3 is 0 Å². The number of nitrogens with zero attached hydrogens (tertiary/aromatic N) is 3. The van der Waals surface area contributed by atoms with Crippen LogP contribution < -0.4 is 5.32 Å². The normalized spacial score (nSPS) is 11.2. The highest BCUT2D eigenvalue weighted by Gasteiger charge is 2.17. The zero-order valence-electron chi connectivity index (χ0n) is 16.2. The van der Waals surface area contributed by atoms with Gasteiger partial charge < -0.3 is 5.32 Å². The fourth-order valence-electron chi connectivity index (χ4n) is 2.99. The fourth-order valence-corrected chi connectivity index (χ4v) is 3.71. The third kappa shape index (κ3) is 4.44. The number of carbonyl (C=O) groups is 1. The van der Waals surface area contributed by atoms with Crippen molar-refractivity contribution >= 4 is 22.4 Å². The largest absolute Gasteiger partial charge is 0.302 e. The SMILES string of the molecule is Cc1nn(CC(C)C)c(C)c1CC(=O)Nc1nc(-c2cc(F)ccc2F)cs1. The molecule has 0 atom stereocenters. The lowest BCUT2D eigenvalue weighted by atomic mass is 10.1. The minimum atomic E-state index is -0.562. The summed E-state index contributed by atoms with van der Waals surface area (Å²) >= 11 is 1.17. The first-order valence-corrected chi connectivity index (χ1v) is 9.86. The summed E-state index contributed by atoms with van der Waals surface area (Å²) in [5, 5.41) is 9.18. The second-order valence-electron chi connectivity index (χ2n) is 7.11. The summed E-state index contributed by atoms with van der Waals surface area (Å²) in [6.45, 7) is 8.87. The molecule has 148 valence electrons. The van der Waals surface area contributed by atoms with Crippen molar-refractivity contribution in [3.05, 3.63) is 52.2 Å². The Hall–Kier alpha value is -2.61. The van der Waals surface area contributed by atoms with Crippen molar-refractivity contribution in [2.75, 3.05) is 5.32 Å². The summed E-state index contributed by atoms with van der Waals surface area (Å²) in [6, 6.07) is 3.20. The summed E-state index contributed by atoms with van der Waals surface area (Å²) in [5.41, 5.74) is 3.05. The van der Waals surface area contributed by atoms with Gasteiger partial charge in [0.1, 0.15) is 11.6 Å². The van der Waals surface area contributed by atoms with Gasteiger partial charge in [0, 0.05) is 28.7 Å². The molecule has 1 amide bonds. The first kappa shape index (κ1) is 20.1. The number of benzene rings is 1. The third-order valence-electron chi connectivity index (χ3n) is 4.36. The summed E-state index contributed by atoms with van der Waals surface area (Å²) in [7, 11) is 0. The highest BCUT2D eigenvalue weighted by atomic mass is 32.1. The number of rotatable bonds is 6. The van der Waals surface area contributed by atoms with Gasteiger partial charge in [-0.05, 0) is 38.0 Å². The van der Waals surface area contributed by atoms with Gasteiger partial charge in [-0.15, -0.1) is 11.3 Å². The van der Waals surface area contributed by atoms with Crippen LogP contribution in [0.5, 0.6) is 0 Å². The molecule has 0 unspecified atom stereocenters. The molecule has 0 saturated heterocycles. The molecular formula is C20H22F2N4OS. The standard InChI is InChI=1S/C20H22F2N4OS/c1-11(2)9-26-13(4)15(12(3)25-26)8-19(27)24-20-23-18(10-28-20)16-7-14(21)5-6-17(16)22/h5-7,10-11H,8-9H2,1-4H3,(H,23,24,27). The second kappa shape index (κ2) is 8.18. The van der Waals surface area contributed by atoms with E-state index in [1.54, 1.807) is 5.38 Å². The minimum Gasteiger partial charge on any atom is -0.302 e. The van der Waals surface area contributed by atoms with Crippen LogP contribution in [-0.2, 0) is 17.8 Å². The number of hydrogen-bond acceptors (Lipinski definition) is 4. The molecule has 1 N–H and O–H groups in total. The number of aromatic nitrogens is 3. The fraction of sp³-hybridized carbons (Fsp3) is 0.350. The Morgan fingerprint density at radius 1 is 1.29 bits per heavy atom. The van der Waals surface area contributed by atoms with E-state index in [9.17, 15) is 13.6 Å². The zero-order valence-corrected chi connectivity index (χ0v) is 17.0. The molecular weight excluding hydrogens is 382 g/mol. The van der Waals surface area contributed by atoms with Gasteiger partial charge in [-0.25, -0.2) is 13.8 Å². The first-order valence-electron chi connectivity index (χ1n) is 8.98. The number of halogens is 2. The van der Waals surface area contributed by atoms with Crippen LogP contribution in [0, 0.1) is 31.4 Å². The molecule has 0 aliphatic rings. The average molecular weight is 404 g/mol. The van der Waals surface area contributed by atoms with Gasteiger partial charge in [-0.1, -0.05) is 13.8 Å². The van der Waals surface area contributed by atoms with Crippen molar-refractivity contribution < 1.29 is 13.6 Å². The molecule has 0 aliphatic heterocycles. The summed E-state index contributed by atoms with van der Waals surface area (Å²) in [5.74, 6) is -0.875. The number of anilines is 1. The lowest BCUT2D eigenvalue weighted by molar-refractivity contribution is -0.115. The molecule has 28 heavy (non-hydrogen) atoms. The molecule has 0 spiro atoms. The van der Waals surface area contributed by atoms with Gasteiger partial charge in [0.2, 0.25) is 5.91 Å². The zero-order chi connectivity index (χ0) is 20.4. The smallest absolute Gasteiger partial charge is 0.230 e. The van der Waals surface area contributed by atoms with Crippen LogP contribution in [0.2, 0.25) is 0 Å². The molecule has 0 radical (unpaired) electrons. The van der Waals surface area contributed by atoms with E-state index in [1.807, 2.05) is 18.5 Å². The van der Waals surface area contributed by atoms with Crippen LogP contribution in [-0.4, -0.2) is 20.7 Å². The number of carbonyl (C=O) groups excluding carboxylic acids is 1. The van der Waals surface area contributed by atoms with Crippen molar-refractivity contribution in [3.8, 4) is 11.3 Å². The van der Waals surface area contributed by atoms with Crippen LogP contribution in [0.4, 0.5) is 13.9 Å². The van der Waals surface area contributed by atoms with E-state index in [2.05, 4.69) is 29.2 Å². The topological polar surface area (TPSA) is 59.8 Å². The minimum absolute atomic E-state index is 0.0680. The highest BCUT2D eigenvalue weighted by molar-refractivity contribution is 7.14.